The normalized spacial score (nSPS) is 15.9. The van der Waals surface area contributed by atoms with Crippen LogP contribution >= 0.6 is 0 Å². The number of aliphatic hydroxyl groups excluding tert-OH is 1. The molecule has 150 valence electrons. The van der Waals surface area contributed by atoms with E-state index in [0.29, 0.717) is 19.7 Å². The van der Waals surface area contributed by atoms with Gasteiger partial charge in [0.25, 0.3) is 0 Å². The molecule has 0 aromatic heterocycles. The molecule has 1 heterocycles. The third kappa shape index (κ3) is 5.04. The number of aliphatic hydroxyl groups is 1. The number of urea groups is 1. The van der Waals surface area contributed by atoms with Gasteiger partial charge in [-0.05, 0) is 61.4 Å². The van der Waals surface area contributed by atoms with Gasteiger partial charge in [0.2, 0.25) is 0 Å². The van der Waals surface area contributed by atoms with E-state index in [0.717, 1.165) is 41.8 Å². The zero-order valence-corrected chi connectivity index (χ0v) is 16.7. The summed E-state index contributed by atoms with van der Waals surface area (Å²) in [6, 6.07) is 15.4. The summed E-state index contributed by atoms with van der Waals surface area (Å²) >= 11 is 0. The zero-order chi connectivity index (χ0) is 19.9. The van der Waals surface area contributed by atoms with E-state index in [2.05, 4.69) is 12.2 Å². The number of amides is 2. The third-order valence-corrected chi connectivity index (χ3v) is 5.33. The van der Waals surface area contributed by atoms with Crippen LogP contribution in [0.4, 0.5) is 10.5 Å². The van der Waals surface area contributed by atoms with Gasteiger partial charge in [-0.2, -0.15) is 0 Å². The van der Waals surface area contributed by atoms with Gasteiger partial charge in [0.05, 0.1) is 12.7 Å². The molecule has 5 heteroatoms. The van der Waals surface area contributed by atoms with E-state index in [9.17, 15) is 9.90 Å². The van der Waals surface area contributed by atoms with Crippen molar-refractivity contribution in [2.75, 3.05) is 25.0 Å². The summed E-state index contributed by atoms with van der Waals surface area (Å²) in [5, 5.41) is 13.6. The summed E-state index contributed by atoms with van der Waals surface area (Å²) in [4.78, 5) is 14.5. The Morgan fingerprint density at radius 1 is 1.21 bits per heavy atom. The molecule has 1 saturated heterocycles. The van der Waals surface area contributed by atoms with E-state index < -0.39 is 6.10 Å². The maximum atomic E-state index is 12.6. The Morgan fingerprint density at radius 3 is 2.57 bits per heavy atom. The van der Waals surface area contributed by atoms with Crippen LogP contribution < -0.4 is 10.1 Å². The van der Waals surface area contributed by atoms with Crippen LogP contribution in [-0.4, -0.2) is 35.7 Å². The maximum absolute atomic E-state index is 12.6. The van der Waals surface area contributed by atoms with Crippen LogP contribution in [-0.2, 0) is 0 Å². The van der Waals surface area contributed by atoms with Crippen LogP contribution in [0.5, 0.6) is 5.75 Å². The second kappa shape index (κ2) is 9.60. The molecular weight excluding hydrogens is 352 g/mol. The Kier molecular flexibility index (Phi) is 6.93. The van der Waals surface area contributed by atoms with Crippen molar-refractivity contribution in [1.82, 2.24) is 4.90 Å². The highest BCUT2D eigenvalue weighted by atomic mass is 16.5. The number of hydrogen-bond donors (Lipinski definition) is 2. The van der Waals surface area contributed by atoms with Gasteiger partial charge < -0.3 is 20.1 Å². The first-order valence-electron chi connectivity index (χ1n) is 10.1. The number of aryl methyl sites for hydroxylation is 1. The van der Waals surface area contributed by atoms with Crippen molar-refractivity contribution in [2.45, 2.75) is 39.2 Å². The van der Waals surface area contributed by atoms with Gasteiger partial charge >= 0.3 is 6.03 Å². The standard InChI is InChI=1S/C23H30N2O3/c1-3-15-28-20-9-10-21(17(2)16-20)24-23(27)25-13-11-19(12-14-25)22(26)18-7-5-4-6-8-18/h4-10,16,19,22,26H,3,11-15H2,1-2H3,(H,24,27). The van der Waals surface area contributed by atoms with Crippen molar-refractivity contribution in [3.63, 3.8) is 0 Å². The molecule has 0 aliphatic carbocycles. The second-order valence-corrected chi connectivity index (χ2v) is 7.44. The first-order valence-corrected chi connectivity index (χ1v) is 10.1. The Bertz CT molecular complexity index is 771. The molecule has 2 aromatic carbocycles. The lowest BCUT2D eigenvalue weighted by Gasteiger charge is -2.34. The third-order valence-electron chi connectivity index (χ3n) is 5.33. The quantitative estimate of drug-likeness (QED) is 0.757. The monoisotopic (exact) mass is 382 g/mol. The average Bonchev–Trinajstić information content (AvgIpc) is 2.74. The van der Waals surface area contributed by atoms with Gasteiger partial charge in [0.1, 0.15) is 5.75 Å². The fourth-order valence-corrected chi connectivity index (χ4v) is 3.62. The molecule has 2 N–H and O–H groups in total. The Hall–Kier alpha value is -2.53. The highest BCUT2D eigenvalue weighted by Crippen LogP contribution is 2.31. The smallest absolute Gasteiger partial charge is 0.321 e. The number of ether oxygens (including phenoxy) is 1. The molecule has 0 spiro atoms. The molecule has 1 aliphatic heterocycles. The minimum atomic E-state index is -0.468. The summed E-state index contributed by atoms with van der Waals surface area (Å²) in [6.45, 7) is 6.03. The number of hydrogen-bond acceptors (Lipinski definition) is 3. The summed E-state index contributed by atoms with van der Waals surface area (Å²) in [5.74, 6) is 1.01. The van der Waals surface area contributed by atoms with E-state index in [4.69, 9.17) is 4.74 Å². The van der Waals surface area contributed by atoms with Crippen LogP contribution in [0, 0.1) is 12.8 Å². The predicted molar refractivity (Wildman–Crippen MR) is 112 cm³/mol. The van der Waals surface area contributed by atoms with Gasteiger partial charge in [-0.15, -0.1) is 0 Å². The summed E-state index contributed by atoms with van der Waals surface area (Å²) in [7, 11) is 0. The van der Waals surface area contributed by atoms with Crippen LogP contribution in [0.2, 0.25) is 0 Å². The Labute approximate surface area is 167 Å². The minimum absolute atomic E-state index is 0.0852. The van der Waals surface area contributed by atoms with Crippen molar-refractivity contribution >= 4 is 11.7 Å². The molecule has 1 aliphatic rings. The maximum Gasteiger partial charge on any atom is 0.321 e. The first-order chi connectivity index (χ1) is 13.6. The van der Waals surface area contributed by atoms with E-state index in [1.54, 1.807) is 0 Å². The zero-order valence-electron chi connectivity index (χ0n) is 16.7. The molecule has 0 saturated carbocycles. The number of piperidine rings is 1. The topological polar surface area (TPSA) is 61.8 Å². The number of carbonyl (C=O) groups is 1. The number of anilines is 1. The molecular formula is C23H30N2O3. The number of rotatable bonds is 6. The van der Waals surface area contributed by atoms with Crippen molar-refractivity contribution in [1.29, 1.82) is 0 Å². The molecule has 3 rings (SSSR count). The summed E-state index contributed by atoms with van der Waals surface area (Å²) in [5.41, 5.74) is 2.74. The first kappa shape index (κ1) is 20.2. The largest absolute Gasteiger partial charge is 0.494 e. The SMILES string of the molecule is CCCOc1ccc(NC(=O)N2CCC(C(O)c3ccccc3)CC2)c(C)c1. The van der Waals surface area contributed by atoms with E-state index in [-0.39, 0.29) is 11.9 Å². The van der Waals surface area contributed by atoms with Gasteiger partial charge in [0, 0.05) is 18.8 Å². The molecule has 0 bridgehead atoms. The van der Waals surface area contributed by atoms with Gasteiger partial charge in [-0.1, -0.05) is 37.3 Å². The lowest BCUT2D eigenvalue weighted by molar-refractivity contribution is 0.0683. The number of carbonyl (C=O) groups excluding carboxylic acids is 1. The number of nitrogens with zero attached hydrogens (tertiary/aromatic N) is 1. The highest BCUT2D eigenvalue weighted by Gasteiger charge is 2.28. The minimum Gasteiger partial charge on any atom is -0.494 e. The number of nitrogens with one attached hydrogen (secondary N) is 1. The average molecular weight is 383 g/mol. The van der Waals surface area contributed by atoms with Gasteiger partial charge in [-0.25, -0.2) is 4.79 Å². The summed E-state index contributed by atoms with van der Waals surface area (Å²) in [6.07, 6.45) is 2.09. The van der Waals surface area contributed by atoms with Crippen LogP contribution in [0.25, 0.3) is 0 Å². The highest BCUT2D eigenvalue weighted by molar-refractivity contribution is 5.90. The van der Waals surface area contributed by atoms with Crippen LogP contribution in [0.3, 0.4) is 0 Å². The molecule has 28 heavy (non-hydrogen) atoms. The molecule has 2 amide bonds. The summed E-state index contributed by atoms with van der Waals surface area (Å²) < 4.78 is 5.64. The van der Waals surface area contributed by atoms with E-state index in [1.165, 1.54) is 0 Å². The van der Waals surface area contributed by atoms with E-state index >= 15 is 0 Å². The molecule has 1 unspecified atom stereocenters. The van der Waals surface area contributed by atoms with Gasteiger partial charge in [-0.3, -0.25) is 0 Å². The fourth-order valence-electron chi connectivity index (χ4n) is 3.62. The fraction of sp³-hybridized carbons (Fsp3) is 0.435. The molecule has 2 aromatic rings. The second-order valence-electron chi connectivity index (χ2n) is 7.44. The van der Waals surface area contributed by atoms with Crippen molar-refractivity contribution in [3.05, 3.63) is 59.7 Å². The van der Waals surface area contributed by atoms with Crippen LogP contribution in [0.1, 0.15) is 43.4 Å². The van der Waals surface area contributed by atoms with Crippen molar-refractivity contribution < 1.29 is 14.6 Å². The molecule has 5 nitrogen and oxygen atoms in total. The van der Waals surface area contributed by atoms with Crippen LogP contribution in [0.15, 0.2) is 48.5 Å². The lowest BCUT2D eigenvalue weighted by atomic mass is 9.87. The number of benzene rings is 2. The van der Waals surface area contributed by atoms with Crippen molar-refractivity contribution in [2.24, 2.45) is 5.92 Å². The molecule has 1 atom stereocenters. The number of likely N-dealkylation sites (tertiary alicyclic amines) is 1. The Morgan fingerprint density at radius 2 is 1.93 bits per heavy atom. The molecule has 1 fully saturated rings. The predicted octanol–water partition coefficient (Wildman–Crippen LogP) is 4.76. The lowest BCUT2D eigenvalue weighted by Crippen LogP contribution is -2.42. The Balaban J connectivity index is 1.53. The molecule has 0 radical (unpaired) electrons. The van der Waals surface area contributed by atoms with Gasteiger partial charge in [0.15, 0.2) is 0 Å². The van der Waals surface area contributed by atoms with E-state index in [1.807, 2.05) is 60.4 Å². The van der Waals surface area contributed by atoms with Crippen molar-refractivity contribution in [3.8, 4) is 5.75 Å².